The summed E-state index contributed by atoms with van der Waals surface area (Å²) in [6, 6.07) is 11.1. The van der Waals surface area contributed by atoms with E-state index < -0.39 is 0 Å². The summed E-state index contributed by atoms with van der Waals surface area (Å²) in [5, 5.41) is 0. The number of aryl methyl sites for hydroxylation is 1. The zero-order chi connectivity index (χ0) is 10.7. The molecule has 0 aliphatic heterocycles. The quantitative estimate of drug-likeness (QED) is 0.758. The molecule has 1 heterocycles. The van der Waals surface area contributed by atoms with E-state index in [1.54, 1.807) is 12.3 Å². The first kappa shape index (κ1) is 9.52. The minimum absolute atomic E-state index is 0.563. The minimum Gasteiger partial charge on any atom is -0.437 e. The van der Waals surface area contributed by atoms with Crippen LogP contribution in [-0.4, -0.2) is 4.98 Å². The van der Waals surface area contributed by atoms with E-state index >= 15 is 0 Å². The molecule has 15 heavy (non-hydrogen) atoms. The van der Waals surface area contributed by atoms with Crippen molar-refractivity contribution in [1.82, 2.24) is 4.98 Å². The van der Waals surface area contributed by atoms with E-state index in [2.05, 4.69) is 4.98 Å². The van der Waals surface area contributed by atoms with Crippen molar-refractivity contribution in [1.29, 1.82) is 0 Å². The molecule has 0 saturated heterocycles. The Balaban J connectivity index is 2.26. The van der Waals surface area contributed by atoms with Gasteiger partial charge in [0.05, 0.1) is 5.69 Å². The van der Waals surface area contributed by atoms with Gasteiger partial charge in [0.2, 0.25) is 5.88 Å². The summed E-state index contributed by atoms with van der Waals surface area (Å²) in [6.45, 7) is 1.99. The second-order valence-electron chi connectivity index (χ2n) is 3.31. The van der Waals surface area contributed by atoms with Crippen molar-refractivity contribution in [2.75, 3.05) is 5.73 Å². The first-order valence-corrected chi connectivity index (χ1v) is 4.71. The lowest BCUT2D eigenvalue weighted by Gasteiger charge is -2.06. The lowest BCUT2D eigenvalue weighted by molar-refractivity contribution is 0.465. The molecule has 0 spiro atoms. The first-order valence-electron chi connectivity index (χ1n) is 4.71. The maximum atomic E-state index is 5.75. The van der Waals surface area contributed by atoms with E-state index in [4.69, 9.17) is 10.5 Å². The lowest BCUT2D eigenvalue weighted by Crippen LogP contribution is -1.93. The van der Waals surface area contributed by atoms with Crippen LogP contribution < -0.4 is 10.5 Å². The zero-order valence-corrected chi connectivity index (χ0v) is 8.47. The van der Waals surface area contributed by atoms with Gasteiger partial charge in [-0.15, -0.1) is 0 Å². The molecule has 76 valence electrons. The molecule has 0 amide bonds. The number of nitrogens with zero attached hydrogens (tertiary/aromatic N) is 1. The fourth-order valence-electron chi connectivity index (χ4n) is 1.25. The Labute approximate surface area is 88.5 Å². The zero-order valence-electron chi connectivity index (χ0n) is 8.47. The van der Waals surface area contributed by atoms with Crippen molar-refractivity contribution in [3.63, 3.8) is 0 Å². The van der Waals surface area contributed by atoms with Crippen molar-refractivity contribution in [3.8, 4) is 11.6 Å². The smallest absolute Gasteiger partial charge is 0.219 e. The molecular weight excluding hydrogens is 188 g/mol. The number of benzene rings is 1. The second-order valence-corrected chi connectivity index (χ2v) is 3.31. The van der Waals surface area contributed by atoms with Gasteiger partial charge in [-0.3, -0.25) is 0 Å². The van der Waals surface area contributed by atoms with Gasteiger partial charge >= 0.3 is 0 Å². The number of nitrogens with two attached hydrogens (primary N) is 1. The van der Waals surface area contributed by atoms with Gasteiger partial charge in [0.1, 0.15) is 0 Å². The lowest BCUT2D eigenvalue weighted by atomic mass is 10.3. The Kier molecular flexibility index (Phi) is 2.54. The van der Waals surface area contributed by atoms with Gasteiger partial charge in [-0.1, -0.05) is 12.1 Å². The van der Waals surface area contributed by atoms with Crippen LogP contribution in [0, 0.1) is 6.92 Å². The standard InChI is InChI=1S/C12H12N2O/c1-9-6-7-14-12(8-9)15-11-5-3-2-4-10(11)13/h2-8H,13H2,1H3. The number of hydrogen-bond acceptors (Lipinski definition) is 3. The molecule has 3 nitrogen and oxygen atoms in total. The molecule has 2 N–H and O–H groups in total. The maximum Gasteiger partial charge on any atom is 0.219 e. The molecule has 2 aromatic rings. The van der Waals surface area contributed by atoms with Gasteiger partial charge in [-0.2, -0.15) is 0 Å². The van der Waals surface area contributed by atoms with E-state index in [0.717, 1.165) is 5.56 Å². The van der Waals surface area contributed by atoms with Crippen LogP contribution in [0.25, 0.3) is 0 Å². The van der Waals surface area contributed by atoms with Gasteiger partial charge in [-0.05, 0) is 30.7 Å². The van der Waals surface area contributed by atoms with Crippen molar-refractivity contribution in [3.05, 3.63) is 48.2 Å². The van der Waals surface area contributed by atoms with E-state index in [0.29, 0.717) is 17.3 Å². The number of aromatic nitrogens is 1. The third-order valence-corrected chi connectivity index (χ3v) is 2.02. The Hall–Kier alpha value is -2.03. The minimum atomic E-state index is 0.563. The van der Waals surface area contributed by atoms with Crippen molar-refractivity contribution in [2.45, 2.75) is 6.92 Å². The number of para-hydroxylation sites is 2. The topological polar surface area (TPSA) is 48.1 Å². The van der Waals surface area contributed by atoms with Crippen LogP contribution in [0.2, 0.25) is 0 Å². The molecule has 0 aliphatic rings. The average Bonchev–Trinajstić information content (AvgIpc) is 2.22. The molecule has 0 bridgehead atoms. The number of ether oxygens (including phenoxy) is 1. The van der Waals surface area contributed by atoms with Gasteiger partial charge in [0.15, 0.2) is 5.75 Å². The Morgan fingerprint density at radius 3 is 2.73 bits per heavy atom. The van der Waals surface area contributed by atoms with Gasteiger partial charge in [0, 0.05) is 12.3 Å². The Morgan fingerprint density at radius 1 is 1.20 bits per heavy atom. The summed E-state index contributed by atoms with van der Waals surface area (Å²) in [7, 11) is 0. The summed E-state index contributed by atoms with van der Waals surface area (Å²) in [4.78, 5) is 4.10. The maximum absolute atomic E-state index is 5.75. The summed E-state index contributed by atoms with van der Waals surface area (Å²) in [5.74, 6) is 1.20. The van der Waals surface area contributed by atoms with E-state index in [1.807, 2.05) is 37.3 Å². The van der Waals surface area contributed by atoms with Crippen molar-refractivity contribution < 1.29 is 4.74 Å². The van der Waals surface area contributed by atoms with Crippen LogP contribution in [0.5, 0.6) is 11.6 Å². The highest BCUT2D eigenvalue weighted by Gasteiger charge is 2.01. The molecule has 3 heteroatoms. The molecule has 0 atom stereocenters. The second kappa shape index (κ2) is 4.00. The highest BCUT2D eigenvalue weighted by molar-refractivity contribution is 5.53. The predicted octanol–water partition coefficient (Wildman–Crippen LogP) is 2.76. The normalized spacial score (nSPS) is 9.93. The summed E-state index contributed by atoms with van der Waals surface area (Å²) < 4.78 is 5.55. The number of rotatable bonds is 2. The van der Waals surface area contributed by atoms with Crippen molar-refractivity contribution >= 4 is 5.69 Å². The highest BCUT2D eigenvalue weighted by Crippen LogP contribution is 2.25. The molecule has 0 radical (unpaired) electrons. The van der Waals surface area contributed by atoms with E-state index in [1.165, 1.54) is 0 Å². The fourth-order valence-corrected chi connectivity index (χ4v) is 1.25. The van der Waals surface area contributed by atoms with Crippen LogP contribution in [0.4, 0.5) is 5.69 Å². The number of pyridine rings is 1. The van der Waals surface area contributed by atoms with Crippen LogP contribution >= 0.6 is 0 Å². The molecule has 0 saturated carbocycles. The summed E-state index contributed by atoms with van der Waals surface area (Å²) >= 11 is 0. The Bertz CT molecular complexity index is 469. The number of hydrogen-bond donors (Lipinski definition) is 1. The predicted molar refractivity (Wildman–Crippen MR) is 59.9 cm³/mol. The summed E-state index contributed by atoms with van der Waals surface area (Å²) in [5.41, 5.74) is 7.47. The fraction of sp³-hybridized carbons (Fsp3) is 0.0833. The number of anilines is 1. The Morgan fingerprint density at radius 2 is 2.00 bits per heavy atom. The monoisotopic (exact) mass is 200 g/mol. The number of nitrogen functional groups attached to an aromatic ring is 1. The van der Waals surface area contributed by atoms with Crippen LogP contribution in [0.3, 0.4) is 0 Å². The van der Waals surface area contributed by atoms with Gasteiger partial charge in [0.25, 0.3) is 0 Å². The van der Waals surface area contributed by atoms with Crippen LogP contribution in [-0.2, 0) is 0 Å². The van der Waals surface area contributed by atoms with E-state index in [-0.39, 0.29) is 0 Å². The van der Waals surface area contributed by atoms with Crippen LogP contribution in [0.15, 0.2) is 42.6 Å². The van der Waals surface area contributed by atoms with Gasteiger partial charge in [-0.25, -0.2) is 4.98 Å². The molecule has 0 unspecified atom stereocenters. The highest BCUT2D eigenvalue weighted by atomic mass is 16.5. The van der Waals surface area contributed by atoms with Crippen molar-refractivity contribution in [2.24, 2.45) is 0 Å². The van der Waals surface area contributed by atoms with Gasteiger partial charge < -0.3 is 10.5 Å². The third-order valence-electron chi connectivity index (χ3n) is 2.02. The molecule has 0 fully saturated rings. The van der Waals surface area contributed by atoms with Crippen LogP contribution in [0.1, 0.15) is 5.56 Å². The SMILES string of the molecule is Cc1ccnc(Oc2ccccc2N)c1. The molecule has 2 rings (SSSR count). The summed E-state index contributed by atoms with van der Waals surface area (Å²) in [6.07, 6.45) is 1.71. The first-order chi connectivity index (χ1) is 7.25. The molecule has 0 aliphatic carbocycles. The third kappa shape index (κ3) is 2.26. The molecule has 1 aromatic heterocycles. The van der Waals surface area contributed by atoms with E-state index in [9.17, 15) is 0 Å². The molecular formula is C12H12N2O. The average molecular weight is 200 g/mol. The molecule has 1 aromatic carbocycles. The largest absolute Gasteiger partial charge is 0.437 e.